The van der Waals surface area contributed by atoms with Crippen LogP contribution in [0.3, 0.4) is 0 Å². The van der Waals surface area contributed by atoms with Crippen molar-refractivity contribution in [1.82, 2.24) is 10.2 Å². The Hall–Kier alpha value is -1.69. The average molecular weight is 350 g/mol. The molecule has 1 aliphatic rings. The normalized spacial score (nSPS) is 19.2. The van der Waals surface area contributed by atoms with Crippen molar-refractivity contribution in [3.05, 3.63) is 29.8 Å². The number of urea groups is 1. The van der Waals surface area contributed by atoms with Crippen LogP contribution in [0.2, 0.25) is 0 Å². The van der Waals surface area contributed by atoms with Gasteiger partial charge in [-0.2, -0.15) is 0 Å². The molecule has 1 aromatic carbocycles. The molecule has 1 fully saturated rings. The van der Waals surface area contributed by atoms with Crippen molar-refractivity contribution in [2.24, 2.45) is 11.7 Å². The van der Waals surface area contributed by atoms with Gasteiger partial charge >= 0.3 is 6.03 Å². The number of thioether (sulfide) groups is 1. The first-order valence-corrected chi connectivity index (χ1v) is 9.36. The van der Waals surface area contributed by atoms with Gasteiger partial charge in [-0.05, 0) is 37.5 Å². The van der Waals surface area contributed by atoms with Crippen molar-refractivity contribution in [3.63, 3.8) is 0 Å². The van der Waals surface area contributed by atoms with E-state index in [0.717, 1.165) is 18.4 Å². The zero-order valence-corrected chi connectivity index (χ0v) is 15.4. The topological polar surface area (TPSA) is 75.4 Å². The van der Waals surface area contributed by atoms with E-state index < -0.39 is 6.03 Å². The van der Waals surface area contributed by atoms with E-state index in [0.29, 0.717) is 18.3 Å². The molecule has 5 nitrogen and oxygen atoms in total. The van der Waals surface area contributed by atoms with Gasteiger partial charge in [-0.3, -0.25) is 4.79 Å². The number of amides is 3. The summed E-state index contributed by atoms with van der Waals surface area (Å²) in [5, 5.41) is 3.61. The quantitative estimate of drug-likeness (QED) is 0.802. The highest BCUT2D eigenvalue weighted by molar-refractivity contribution is 7.99. The van der Waals surface area contributed by atoms with Gasteiger partial charge in [-0.15, -0.1) is 11.8 Å². The molecule has 0 aliphatic carbocycles. The van der Waals surface area contributed by atoms with E-state index in [1.165, 1.54) is 4.90 Å². The van der Waals surface area contributed by atoms with Gasteiger partial charge in [0.2, 0.25) is 5.91 Å². The molecular weight excluding hydrogens is 322 g/mol. The van der Waals surface area contributed by atoms with Crippen molar-refractivity contribution in [3.8, 4) is 0 Å². The highest BCUT2D eigenvalue weighted by atomic mass is 32.2. The number of rotatable bonds is 5. The van der Waals surface area contributed by atoms with E-state index in [4.69, 9.17) is 5.73 Å². The third-order valence-electron chi connectivity index (χ3n) is 4.21. The maximum absolute atomic E-state index is 12.5. The molecule has 3 N–H and O–H groups in total. The number of benzene rings is 1. The zero-order valence-electron chi connectivity index (χ0n) is 14.6. The Kier molecular flexibility index (Phi) is 6.54. The summed E-state index contributed by atoms with van der Waals surface area (Å²) in [4.78, 5) is 26.5. The van der Waals surface area contributed by atoms with E-state index in [-0.39, 0.29) is 17.9 Å². The third kappa shape index (κ3) is 5.16. The Morgan fingerprint density at radius 2 is 1.92 bits per heavy atom. The Bertz CT molecular complexity index is 574. The van der Waals surface area contributed by atoms with Gasteiger partial charge in [-0.25, -0.2) is 4.79 Å². The lowest BCUT2D eigenvalue weighted by Crippen LogP contribution is -2.47. The Balaban J connectivity index is 1.92. The number of carbonyl (C=O) groups excluding carboxylic acids is 2. The van der Waals surface area contributed by atoms with Crippen LogP contribution >= 0.6 is 11.8 Å². The molecule has 2 rings (SSSR count). The smallest absolute Gasteiger partial charge is 0.314 e. The minimum atomic E-state index is -0.446. The third-order valence-corrected chi connectivity index (χ3v) is 5.23. The molecule has 1 aromatic rings. The minimum absolute atomic E-state index is 0.00548. The number of nitrogens with zero attached hydrogens (tertiary/aromatic N) is 1. The Morgan fingerprint density at radius 3 is 2.50 bits per heavy atom. The number of nitrogens with two attached hydrogens (primary N) is 1. The highest BCUT2D eigenvalue weighted by Crippen LogP contribution is 2.25. The summed E-state index contributed by atoms with van der Waals surface area (Å²) in [5.74, 6) is -0.182. The Morgan fingerprint density at radius 1 is 1.25 bits per heavy atom. The zero-order chi connectivity index (χ0) is 17.7. The molecule has 0 spiro atoms. The molecular formula is C18H27N3O2S. The monoisotopic (exact) mass is 349 g/mol. The minimum Gasteiger partial charge on any atom is -0.351 e. The summed E-state index contributed by atoms with van der Waals surface area (Å²) < 4.78 is 0. The first kappa shape index (κ1) is 18.6. The van der Waals surface area contributed by atoms with Gasteiger partial charge in [0.25, 0.3) is 0 Å². The van der Waals surface area contributed by atoms with Crippen molar-refractivity contribution in [1.29, 1.82) is 0 Å². The molecule has 6 heteroatoms. The summed E-state index contributed by atoms with van der Waals surface area (Å²) in [7, 11) is 0. The number of hydrogen-bond acceptors (Lipinski definition) is 3. The van der Waals surface area contributed by atoms with E-state index in [1.807, 2.05) is 18.7 Å². The predicted molar refractivity (Wildman–Crippen MR) is 97.9 cm³/mol. The molecule has 0 unspecified atom stereocenters. The molecule has 1 aliphatic heterocycles. The number of primary amides is 1. The van der Waals surface area contributed by atoms with Gasteiger partial charge in [0, 0.05) is 23.2 Å². The van der Waals surface area contributed by atoms with Gasteiger partial charge in [-0.1, -0.05) is 26.0 Å². The second-order valence-electron chi connectivity index (χ2n) is 6.59. The average Bonchev–Trinajstić information content (AvgIpc) is 2.55. The van der Waals surface area contributed by atoms with Crippen LogP contribution in [0.4, 0.5) is 4.79 Å². The lowest BCUT2D eigenvalue weighted by molar-refractivity contribution is -0.126. The number of nitrogens with one attached hydrogen (secondary N) is 1. The first-order valence-electron chi connectivity index (χ1n) is 8.48. The predicted octanol–water partition coefficient (Wildman–Crippen LogP) is 3.16. The summed E-state index contributed by atoms with van der Waals surface area (Å²) >= 11 is 1.82. The van der Waals surface area contributed by atoms with E-state index >= 15 is 0 Å². The molecule has 1 heterocycles. The largest absolute Gasteiger partial charge is 0.351 e. The molecule has 2 atom stereocenters. The van der Waals surface area contributed by atoms with Gasteiger partial charge in [0.05, 0.1) is 12.0 Å². The van der Waals surface area contributed by atoms with E-state index in [9.17, 15) is 9.59 Å². The molecule has 0 bridgehead atoms. The van der Waals surface area contributed by atoms with Crippen LogP contribution in [-0.2, 0) is 4.79 Å². The first-order chi connectivity index (χ1) is 11.4. The molecule has 24 heavy (non-hydrogen) atoms. The van der Waals surface area contributed by atoms with E-state index in [1.54, 1.807) is 4.90 Å². The molecule has 1 saturated heterocycles. The fourth-order valence-corrected chi connectivity index (χ4v) is 3.75. The van der Waals surface area contributed by atoms with Crippen molar-refractivity contribution in [2.75, 3.05) is 13.1 Å². The molecule has 0 radical (unpaired) electrons. The van der Waals surface area contributed by atoms with Crippen LogP contribution in [0, 0.1) is 5.92 Å². The fraction of sp³-hybridized carbons (Fsp3) is 0.556. The lowest BCUT2D eigenvalue weighted by Gasteiger charge is -2.31. The maximum atomic E-state index is 12.5. The summed E-state index contributed by atoms with van der Waals surface area (Å²) in [6.07, 6.45) is 1.61. The van der Waals surface area contributed by atoms with Gasteiger partial charge < -0.3 is 16.0 Å². The number of carbonyl (C=O) groups is 2. The molecule has 0 saturated carbocycles. The number of piperidine rings is 1. The fourth-order valence-electron chi connectivity index (χ4n) is 2.91. The maximum Gasteiger partial charge on any atom is 0.314 e. The van der Waals surface area contributed by atoms with Crippen LogP contribution in [0.15, 0.2) is 29.2 Å². The van der Waals surface area contributed by atoms with Crippen LogP contribution in [0.25, 0.3) is 0 Å². The van der Waals surface area contributed by atoms with Crippen molar-refractivity contribution < 1.29 is 9.59 Å². The van der Waals surface area contributed by atoms with Crippen LogP contribution in [-0.4, -0.2) is 35.2 Å². The number of hydrogen-bond donors (Lipinski definition) is 2. The SMILES string of the molecule is CC(C)Sc1ccc([C@H](C)NC(=O)[C@H]2CCCN(C(N)=O)C2)cc1. The van der Waals surface area contributed by atoms with Crippen molar-refractivity contribution in [2.45, 2.75) is 49.8 Å². The molecule has 0 aromatic heterocycles. The molecule has 3 amide bonds. The second-order valence-corrected chi connectivity index (χ2v) is 8.24. The highest BCUT2D eigenvalue weighted by Gasteiger charge is 2.28. The van der Waals surface area contributed by atoms with Gasteiger partial charge in [0.15, 0.2) is 0 Å². The number of likely N-dealkylation sites (tertiary alicyclic amines) is 1. The van der Waals surface area contributed by atoms with Crippen LogP contribution in [0.1, 0.15) is 45.2 Å². The van der Waals surface area contributed by atoms with Crippen LogP contribution in [0.5, 0.6) is 0 Å². The standard InChI is InChI=1S/C18H27N3O2S/c1-12(2)24-16-8-6-14(7-9-16)13(3)20-17(22)15-5-4-10-21(11-15)18(19)23/h6-9,12-13,15H,4-5,10-11H2,1-3H3,(H2,19,23)(H,20,22)/t13-,15-/m0/s1. The summed E-state index contributed by atoms with van der Waals surface area (Å²) in [5.41, 5.74) is 6.41. The second kappa shape index (κ2) is 8.42. The molecule has 132 valence electrons. The Labute approximate surface area is 148 Å². The van der Waals surface area contributed by atoms with Crippen LogP contribution < -0.4 is 11.1 Å². The summed E-state index contributed by atoms with van der Waals surface area (Å²) in [6, 6.07) is 7.81. The van der Waals surface area contributed by atoms with E-state index in [2.05, 4.69) is 43.4 Å². The summed E-state index contributed by atoms with van der Waals surface area (Å²) in [6.45, 7) is 7.38. The van der Waals surface area contributed by atoms with Gasteiger partial charge in [0.1, 0.15) is 0 Å². The lowest BCUT2D eigenvalue weighted by atomic mass is 9.96. The van der Waals surface area contributed by atoms with Crippen molar-refractivity contribution >= 4 is 23.7 Å².